The van der Waals surface area contributed by atoms with Crippen LogP contribution >= 0.6 is 0 Å². The molecule has 1 aromatic carbocycles. The summed E-state index contributed by atoms with van der Waals surface area (Å²) >= 11 is 0. The Bertz CT molecular complexity index is 1510. The van der Waals surface area contributed by atoms with Crippen LogP contribution in [0.2, 0.25) is 0 Å². The second-order valence-corrected chi connectivity index (χ2v) is 13.1. The number of hydrogen-bond acceptors (Lipinski definition) is 6. The number of amides is 2. The van der Waals surface area contributed by atoms with Crippen LogP contribution < -0.4 is 4.74 Å². The normalized spacial score (nSPS) is 21.9. The number of carboxylic acid groups (broad SMARTS) is 1. The second kappa shape index (κ2) is 13.9. The number of carbonyl (C=O) groups excluding carboxylic acids is 2. The molecular weight excluding hydrogens is 613 g/mol. The third kappa shape index (κ3) is 7.09. The molecule has 12 heteroatoms. The van der Waals surface area contributed by atoms with E-state index in [-0.39, 0.29) is 12.5 Å². The first-order chi connectivity index (χ1) is 22.5. The summed E-state index contributed by atoms with van der Waals surface area (Å²) in [6.07, 6.45) is 1.75. The molecule has 0 bridgehead atoms. The highest BCUT2D eigenvalue weighted by molar-refractivity contribution is 5.95. The molecule has 1 saturated carbocycles. The van der Waals surface area contributed by atoms with E-state index < -0.39 is 52.1 Å². The minimum atomic E-state index is -4.74. The quantitative estimate of drug-likeness (QED) is 0.285. The molecule has 3 heterocycles. The summed E-state index contributed by atoms with van der Waals surface area (Å²) in [5.41, 5.74) is -2.52. The Labute approximate surface area is 272 Å². The zero-order chi connectivity index (χ0) is 33.8. The molecule has 3 aliphatic rings. The van der Waals surface area contributed by atoms with Crippen LogP contribution in [0.1, 0.15) is 92.7 Å². The van der Waals surface area contributed by atoms with Crippen molar-refractivity contribution < 1.29 is 37.4 Å². The van der Waals surface area contributed by atoms with Crippen LogP contribution in [0.4, 0.5) is 13.2 Å². The molecule has 3 fully saturated rings. The van der Waals surface area contributed by atoms with Crippen LogP contribution in [-0.4, -0.2) is 70.0 Å². The van der Waals surface area contributed by atoms with E-state index in [1.54, 1.807) is 4.90 Å². The van der Waals surface area contributed by atoms with Crippen LogP contribution in [0, 0.1) is 22.7 Å². The molecule has 2 amide bonds. The molecule has 5 rings (SSSR count). The maximum atomic E-state index is 14.0. The zero-order valence-corrected chi connectivity index (χ0v) is 26.6. The van der Waals surface area contributed by atoms with Crippen LogP contribution in [0.15, 0.2) is 42.6 Å². The van der Waals surface area contributed by atoms with E-state index in [0.717, 1.165) is 17.7 Å². The van der Waals surface area contributed by atoms with E-state index in [0.29, 0.717) is 89.7 Å². The van der Waals surface area contributed by atoms with E-state index in [4.69, 9.17) is 4.74 Å². The fourth-order valence-electron chi connectivity index (χ4n) is 7.28. The topological polar surface area (TPSA) is 124 Å². The monoisotopic (exact) mass is 654 g/mol. The van der Waals surface area contributed by atoms with Crippen molar-refractivity contribution in [2.45, 2.75) is 88.8 Å². The van der Waals surface area contributed by atoms with Crippen LogP contribution in [-0.2, 0) is 21.2 Å². The summed E-state index contributed by atoms with van der Waals surface area (Å²) in [5, 5.41) is 19.9. The molecule has 2 saturated heterocycles. The molecule has 9 nitrogen and oxygen atoms in total. The third-order valence-electron chi connectivity index (χ3n) is 10.2. The van der Waals surface area contributed by atoms with Gasteiger partial charge in [0.2, 0.25) is 5.91 Å². The smallest absolute Gasteiger partial charge is 0.418 e. The van der Waals surface area contributed by atoms with Crippen molar-refractivity contribution in [3.05, 3.63) is 59.4 Å². The number of carbonyl (C=O) groups is 3. The first-order valence-corrected chi connectivity index (χ1v) is 16.5. The number of aliphatic carboxylic acids is 1. The number of benzene rings is 1. The lowest BCUT2D eigenvalue weighted by Gasteiger charge is -2.44. The average Bonchev–Trinajstić information content (AvgIpc) is 3.87. The van der Waals surface area contributed by atoms with Crippen LogP contribution in [0.5, 0.6) is 5.75 Å². The highest BCUT2D eigenvalue weighted by Gasteiger charge is 2.49. The predicted octanol–water partition coefficient (Wildman–Crippen LogP) is 6.23. The molecule has 0 radical (unpaired) electrons. The van der Waals surface area contributed by atoms with Gasteiger partial charge in [-0.1, -0.05) is 31.5 Å². The molecule has 2 aliphatic heterocycles. The maximum absolute atomic E-state index is 14.0. The van der Waals surface area contributed by atoms with E-state index >= 15 is 0 Å². The summed E-state index contributed by atoms with van der Waals surface area (Å²) in [6, 6.07) is 11.3. The van der Waals surface area contributed by atoms with E-state index in [1.807, 2.05) is 31.2 Å². The Morgan fingerprint density at radius 3 is 2.45 bits per heavy atom. The minimum Gasteiger partial charge on any atom is -0.493 e. The second-order valence-electron chi connectivity index (χ2n) is 13.1. The largest absolute Gasteiger partial charge is 0.493 e. The molecule has 252 valence electrons. The Balaban J connectivity index is 1.27. The zero-order valence-electron chi connectivity index (χ0n) is 26.6. The number of nitriles is 1. The molecular formula is C35H41F3N4O5. The van der Waals surface area contributed by atoms with Gasteiger partial charge >= 0.3 is 12.1 Å². The molecule has 1 aromatic heterocycles. The lowest BCUT2D eigenvalue weighted by Crippen LogP contribution is -2.55. The summed E-state index contributed by atoms with van der Waals surface area (Å²) < 4.78 is 47.3. The van der Waals surface area contributed by atoms with Crippen molar-refractivity contribution in [3.8, 4) is 11.8 Å². The lowest BCUT2D eigenvalue weighted by molar-refractivity contribution is -0.143. The number of alkyl halides is 3. The predicted molar refractivity (Wildman–Crippen MR) is 165 cm³/mol. The number of piperidine rings is 2. The van der Waals surface area contributed by atoms with Crippen molar-refractivity contribution in [3.63, 3.8) is 0 Å². The third-order valence-corrected chi connectivity index (χ3v) is 10.2. The van der Waals surface area contributed by atoms with Crippen LogP contribution in [0.3, 0.4) is 0 Å². The van der Waals surface area contributed by atoms with Gasteiger partial charge in [0.25, 0.3) is 5.91 Å². The van der Waals surface area contributed by atoms with Crippen LogP contribution in [0.25, 0.3) is 0 Å². The van der Waals surface area contributed by atoms with Crippen molar-refractivity contribution in [1.82, 2.24) is 14.8 Å². The number of pyridine rings is 1. The van der Waals surface area contributed by atoms with E-state index in [9.17, 15) is 37.9 Å². The van der Waals surface area contributed by atoms with Gasteiger partial charge in [-0.3, -0.25) is 19.4 Å². The summed E-state index contributed by atoms with van der Waals surface area (Å²) in [4.78, 5) is 46.0. The number of nitrogens with zero attached hydrogens (tertiary/aromatic N) is 4. The van der Waals surface area contributed by atoms with Gasteiger partial charge < -0.3 is 19.6 Å². The SMILES string of the molecule is CCC[C@@H]1C(C(=O)N2CCC(C#N)(c3ccccc3OCCCC3(C(=O)O)CC3)CC2)CCCN1C(=O)c1ncccc1C(F)(F)F. The summed E-state index contributed by atoms with van der Waals surface area (Å²) in [7, 11) is 0. The molecule has 1 unspecified atom stereocenters. The Morgan fingerprint density at radius 2 is 1.81 bits per heavy atom. The number of ether oxygens (including phenoxy) is 1. The molecule has 2 atom stereocenters. The highest BCUT2D eigenvalue weighted by atomic mass is 19.4. The van der Waals surface area contributed by atoms with Crippen molar-refractivity contribution >= 4 is 17.8 Å². The van der Waals surface area contributed by atoms with E-state index in [1.165, 1.54) is 11.1 Å². The van der Waals surface area contributed by atoms with Crippen molar-refractivity contribution in [1.29, 1.82) is 5.26 Å². The van der Waals surface area contributed by atoms with Gasteiger partial charge in [-0.2, -0.15) is 18.4 Å². The number of aromatic nitrogens is 1. The van der Waals surface area contributed by atoms with Gasteiger partial charge in [0.1, 0.15) is 11.4 Å². The maximum Gasteiger partial charge on any atom is 0.418 e. The highest BCUT2D eigenvalue weighted by Crippen LogP contribution is 2.50. The van der Waals surface area contributed by atoms with E-state index in [2.05, 4.69) is 11.1 Å². The minimum absolute atomic E-state index is 0.151. The fourth-order valence-corrected chi connectivity index (χ4v) is 7.28. The van der Waals surface area contributed by atoms with Gasteiger partial charge in [0, 0.05) is 37.4 Å². The van der Waals surface area contributed by atoms with Gasteiger partial charge in [-0.25, -0.2) is 0 Å². The molecule has 47 heavy (non-hydrogen) atoms. The first kappa shape index (κ1) is 34.2. The lowest BCUT2D eigenvalue weighted by atomic mass is 9.73. The van der Waals surface area contributed by atoms with Gasteiger partial charge in [-0.15, -0.1) is 0 Å². The summed E-state index contributed by atoms with van der Waals surface area (Å²) in [5.74, 6) is -1.73. The van der Waals surface area contributed by atoms with Gasteiger partial charge in [-0.05, 0) is 76.0 Å². The van der Waals surface area contributed by atoms with Gasteiger partial charge in [0.05, 0.1) is 35.0 Å². The Hall–Kier alpha value is -4.14. The van der Waals surface area contributed by atoms with Gasteiger partial charge in [0.15, 0.2) is 0 Å². The number of halogens is 3. The number of hydrogen-bond donors (Lipinski definition) is 1. The van der Waals surface area contributed by atoms with Crippen molar-refractivity contribution in [2.24, 2.45) is 11.3 Å². The number of para-hydroxylation sites is 1. The number of carboxylic acids is 1. The molecule has 2 aromatic rings. The summed E-state index contributed by atoms with van der Waals surface area (Å²) in [6.45, 7) is 3.11. The number of rotatable bonds is 11. The standard InChI is InChI=1S/C35H41F3N4O5/c1-2-8-27-24(9-6-19-42(27)31(44)29-26(35(36,37)38)11-5-18-40-29)30(43)41-20-16-34(23-39,17-21-41)25-10-3-4-12-28(25)47-22-7-13-33(14-15-33)32(45)46/h3-5,10-12,18,24,27H,2,6-9,13-17,19-22H2,1H3,(H,45,46)/t24?,27-/m1/s1. The molecule has 0 spiro atoms. The van der Waals surface area contributed by atoms with Crippen molar-refractivity contribution in [2.75, 3.05) is 26.2 Å². The Morgan fingerprint density at radius 1 is 1.09 bits per heavy atom. The first-order valence-electron chi connectivity index (χ1n) is 16.5. The fraction of sp³-hybridized carbons (Fsp3) is 0.571. The average molecular weight is 655 g/mol. The number of likely N-dealkylation sites (tertiary alicyclic amines) is 2. The molecule has 1 N–H and O–H groups in total. The molecule has 1 aliphatic carbocycles. The Kier molecular flexibility index (Phi) is 10.1.